The molecule has 1 saturated carbocycles. The van der Waals surface area contributed by atoms with E-state index >= 15 is 0 Å². The minimum atomic E-state index is -0.769. The molecule has 2 amide bonds. The van der Waals surface area contributed by atoms with Crippen LogP contribution in [0.5, 0.6) is 0 Å². The summed E-state index contributed by atoms with van der Waals surface area (Å²) < 4.78 is 4.92. The van der Waals surface area contributed by atoms with E-state index in [9.17, 15) is 9.59 Å². The van der Waals surface area contributed by atoms with E-state index in [0.29, 0.717) is 19.4 Å². The highest BCUT2D eigenvalue weighted by molar-refractivity contribution is 5.75. The highest BCUT2D eigenvalue weighted by atomic mass is 16.5. The fourth-order valence-electron chi connectivity index (χ4n) is 2.29. The number of rotatable bonds is 5. The van der Waals surface area contributed by atoms with Gasteiger partial charge >= 0.3 is 12.0 Å². The van der Waals surface area contributed by atoms with Gasteiger partial charge in [-0.05, 0) is 26.2 Å². The van der Waals surface area contributed by atoms with Gasteiger partial charge in [0.15, 0.2) is 0 Å². The lowest BCUT2D eigenvalue weighted by atomic mass is 9.86. The van der Waals surface area contributed by atoms with Crippen LogP contribution in [0.15, 0.2) is 0 Å². The molecule has 0 spiro atoms. The van der Waals surface area contributed by atoms with Crippen molar-refractivity contribution in [1.82, 2.24) is 10.6 Å². The Morgan fingerprint density at radius 2 is 2.17 bits per heavy atom. The third kappa shape index (κ3) is 4.91. The van der Waals surface area contributed by atoms with E-state index in [1.165, 1.54) is 0 Å². The topological polar surface area (TPSA) is 87.7 Å². The lowest BCUT2D eigenvalue weighted by Crippen LogP contribution is -2.48. The van der Waals surface area contributed by atoms with Gasteiger partial charge in [0, 0.05) is 13.2 Å². The quantitative estimate of drug-likeness (QED) is 0.685. The number of urea groups is 1. The molecule has 0 saturated heterocycles. The van der Waals surface area contributed by atoms with E-state index in [1.807, 2.05) is 6.92 Å². The third-order valence-electron chi connectivity index (χ3n) is 3.15. The normalized spacial score (nSPS) is 25.2. The van der Waals surface area contributed by atoms with Crippen molar-refractivity contribution < 1.29 is 19.4 Å². The number of hydrogen-bond donors (Lipinski definition) is 3. The fraction of sp³-hybridized carbons (Fsp3) is 0.833. The zero-order valence-electron chi connectivity index (χ0n) is 10.9. The van der Waals surface area contributed by atoms with Crippen LogP contribution >= 0.6 is 0 Å². The molecular formula is C12H22N2O4. The number of carbonyl (C=O) groups is 2. The standard InChI is InChI=1S/C12H22N2O4/c1-8(7-18-2)13-12(17)14-10-5-3-4-9(6-10)11(15)16/h8-10H,3-7H2,1-2H3,(H,15,16)(H2,13,14,17). The van der Waals surface area contributed by atoms with Gasteiger partial charge in [0.2, 0.25) is 0 Å². The van der Waals surface area contributed by atoms with Crippen LogP contribution in [0.1, 0.15) is 32.6 Å². The monoisotopic (exact) mass is 258 g/mol. The Labute approximate surface area is 107 Å². The summed E-state index contributed by atoms with van der Waals surface area (Å²) in [5.41, 5.74) is 0. The maximum Gasteiger partial charge on any atom is 0.315 e. The van der Waals surface area contributed by atoms with Crippen LogP contribution in [0.3, 0.4) is 0 Å². The van der Waals surface area contributed by atoms with Crippen LogP contribution in [0, 0.1) is 5.92 Å². The number of carbonyl (C=O) groups excluding carboxylic acids is 1. The lowest BCUT2D eigenvalue weighted by molar-refractivity contribution is -0.143. The molecule has 6 nitrogen and oxygen atoms in total. The predicted octanol–water partition coefficient (Wildman–Crippen LogP) is 0.964. The van der Waals surface area contributed by atoms with Crippen LogP contribution in [0.4, 0.5) is 4.79 Å². The molecule has 0 aliphatic heterocycles. The van der Waals surface area contributed by atoms with E-state index in [2.05, 4.69) is 10.6 Å². The molecule has 0 heterocycles. The SMILES string of the molecule is COCC(C)NC(=O)NC1CCCC(C(=O)O)C1. The summed E-state index contributed by atoms with van der Waals surface area (Å²) in [6.45, 7) is 2.31. The molecule has 18 heavy (non-hydrogen) atoms. The zero-order chi connectivity index (χ0) is 13.5. The molecule has 3 unspecified atom stereocenters. The molecule has 3 N–H and O–H groups in total. The van der Waals surface area contributed by atoms with Crippen LogP contribution in [-0.2, 0) is 9.53 Å². The minimum Gasteiger partial charge on any atom is -0.481 e. The zero-order valence-corrected chi connectivity index (χ0v) is 10.9. The Kier molecular flexibility index (Phi) is 5.91. The van der Waals surface area contributed by atoms with Crippen molar-refractivity contribution >= 4 is 12.0 Å². The van der Waals surface area contributed by atoms with Crippen LogP contribution in [-0.4, -0.2) is 42.9 Å². The highest BCUT2D eigenvalue weighted by Crippen LogP contribution is 2.24. The number of ether oxygens (including phenoxy) is 1. The van der Waals surface area contributed by atoms with Gasteiger partial charge in [-0.25, -0.2) is 4.79 Å². The Hall–Kier alpha value is -1.30. The predicted molar refractivity (Wildman–Crippen MR) is 66.4 cm³/mol. The average Bonchev–Trinajstić information content (AvgIpc) is 2.29. The molecule has 0 aromatic carbocycles. The van der Waals surface area contributed by atoms with E-state index in [0.717, 1.165) is 12.8 Å². The number of methoxy groups -OCH3 is 1. The molecule has 1 rings (SSSR count). The van der Waals surface area contributed by atoms with E-state index in [-0.39, 0.29) is 24.0 Å². The Morgan fingerprint density at radius 1 is 1.44 bits per heavy atom. The van der Waals surface area contributed by atoms with Crippen LogP contribution in [0.2, 0.25) is 0 Å². The number of carboxylic acid groups (broad SMARTS) is 1. The smallest absolute Gasteiger partial charge is 0.315 e. The Bertz CT molecular complexity index is 296. The van der Waals surface area contributed by atoms with E-state index in [4.69, 9.17) is 9.84 Å². The van der Waals surface area contributed by atoms with Crippen LogP contribution in [0.25, 0.3) is 0 Å². The molecule has 0 bridgehead atoms. The van der Waals surface area contributed by atoms with Gasteiger partial charge in [-0.1, -0.05) is 6.42 Å². The van der Waals surface area contributed by atoms with Gasteiger partial charge in [0.25, 0.3) is 0 Å². The van der Waals surface area contributed by atoms with Crippen molar-refractivity contribution in [3.63, 3.8) is 0 Å². The molecule has 3 atom stereocenters. The molecule has 1 fully saturated rings. The first-order valence-corrected chi connectivity index (χ1v) is 6.31. The summed E-state index contributed by atoms with van der Waals surface area (Å²) in [6.07, 6.45) is 2.90. The number of aliphatic carboxylic acids is 1. The molecule has 6 heteroatoms. The van der Waals surface area contributed by atoms with Crippen LogP contribution < -0.4 is 10.6 Å². The third-order valence-corrected chi connectivity index (χ3v) is 3.15. The van der Waals surface area contributed by atoms with Gasteiger partial charge in [-0.3, -0.25) is 4.79 Å². The first kappa shape index (κ1) is 14.8. The molecule has 0 aromatic heterocycles. The van der Waals surface area contributed by atoms with Crippen molar-refractivity contribution in [2.75, 3.05) is 13.7 Å². The lowest BCUT2D eigenvalue weighted by Gasteiger charge is -2.27. The second-order valence-electron chi connectivity index (χ2n) is 4.87. The fourth-order valence-corrected chi connectivity index (χ4v) is 2.29. The maximum atomic E-state index is 11.6. The van der Waals surface area contributed by atoms with Crippen molar-refractivity contribution in [1.29, 1.82) is 0 Å². The summed E-state index contributed by atoms with van der Waals surface area (Å²) in [6, 6.07) is -0.362. The molecule has 0 radical (unpaired) electrons. The molecular weight excluding hydrogens is 236 g/mol. The first-order valence-electron chi connectivity index (χ1n) is 6.31. The second kappa shape index (κ2) is 7.20. The number of hydrogen-bond acceptors (Lipinski definition) is 3. The largest absolute Gasteiger partial charge is 0.481 e. The Morgan fingerprint density at radius 3 is 2.78 bits per heavy atom. The number of carboxylic acids is 1. The van der Waals surface area contributed by atoms with Crippen molar-refractivity contribution in [2.24, 2.45) is 5.92 Å². The van der Waals surface area contributed by atoms with Crippen molar-refractivity contribution in [3.05, 3.63) is 0 Å². The van der Waals surface area contributed by atoms with E-state index in [1.54, 1.807) is 7.11 Å². The summed E-state index contributed by atoms with van der Waals surface area (Å²) in [5.74, 6) is -1.10. The summed E-state index contributed by atoms with van der Waals surface area (Å²) in [5, 5.41) is 14.5. The number of amides is 2. The summed E-state index contributed by atoms with van der Waals surface area (Å²) >= 11 is 0. The minimum absolute atomic E-state index is 0.0467. The maximum absolute atomic E-state index is 11.6. The Balaban J connectivity index is 2.33. The molecule has 104 valence electrons. The van der Waals surface area contributed by atoms with Gasteiger partial charge in [-0.15, -0.1) is 0 Å². The molecule has 0 aromatic rings. The average molecular weight is 258 g/mol. The van der Waals surface area contributed by atoms with Gasteiger partial charge in [0.05, 0.1) is 18.6 Å². The molecule has 1 aliphatic rings. The van der Waals surface area contributed by atoms with Crippen molar-refractivity contribution in [2.45, 2.75) is 44.7 Å². The second-order valence-corrected chi connectivity index (χ2v) is 4.87. The van der Waals surface area contributed by atoms with Crippen molar-refractivity contribution in [3.8, 4) is 0 Å². The summed E-state index contributed by atoms with van der Waals surface area (Å²) in [4.78, 5) is 22.6. The van der Waals surface area contributed by atoms with E-state index < -0.39 is 5.97 Å². The molecule has 1 aliphatic carbocycles. The summed E-state index contributed by atoms with van der Waals surface area (Å²) in [7, 11) is 1.58. The highest BCUT2D eigenvalue weighted by Gasteiger charge is 2.27. The van der Waals surface area contributed by atoms with Gasteiger partial charge in [0.1, 0.15) is 0 Å². The first-order chi connectivity index (χ1) is 8.52. The van der Waals surface area contributed by atoms with Gasteiger partial charge in [-0.2, -0.15) is 0 Å². The number of nitrogens with one attached hydrogen (secondary N) is 2. The van der Waals surface area contributed by atoms with Gasteiger partial charge < -0.3 is 20.5 Å².